The second-order valence-electron chi connectivity index (χ2n) is 3.84. The second-order valence-corrected chi connectivity index (χ2v) is 4.25. The van der Waals surface area contributed by atoms with Crippen molar-refractivity contribution in [2.24, 2.45) is 10.9 Å². The topological polar surface area (TPSA) is 124 Å². The summed E-state index contributed by atoms with van der Waals surface area (Å²) in [6.07, 6.45) is 1.40. The fourth-order valence-corrected chi connectivity index (χ4v) is 1.69. The van der Waals surface area contributed by atoms with E-state index in [4.69, 9.17) is 27.3 Å². The van der Waals surface area contributed by atoms with Crippen LogP contribution in [0.1, 0.15) is 5.56 Å². The predicted octanol–water partition coefficient (Wildman–Crippen LogP) is 2.53. The molecule has 1 aromatic carbocycles. The van der Waals surface area contributed by atoms with Crippen molar-refractivity contribution in [3.8, 4) is 11.6 Å². The van der Waals surface area contributed by atoms with E-state index in [1.165, 1.54) is 36.5 Å². The van der Waals surface area contributed by atoms with Crippen LogP contribution in [-0.4, -0.2) is 21.0 Å². The first-order chi connectivity index (χ1) is 10.0. The van der Waals surface area contributed by atoms with Gasteiger partial charge in [-0.2, -0.15) is 0 Å². The molecule has 0 aliphatic carbocycles. The molecule has 0 unspecified atom stereocenters. The largest absolute Gasteiger partial charge is 0.437 e. The molecule has 8 nitrogen and oxygen atoms in total. The summed E-state index contributed by atoms with van der Waals surface area (Å²) < 4.78 is 5.42. The number of non-ortho nitro benzene ring substituents is 1. The highest BCUT2D eigenvalue weighted by Gasteiger charge is 2.12. The molecule has 0 aliphatic heterocycles. The first-order valence-electron chi connectivity index (χ1n) is 5.57. The number of benzene rings is 1. The van der Waals surface area contributed by atoms with Gasteiger partial charge >= 0.3 is 0 Å². The van der Waals surface area contributed by atoms with Gasteiger partial charge in [0.2, 0.25) is 5.88 Å². The Labute approximate surface area is 123 Å². The lowest BCUT2D eigenvalue weighted by atomic mass is 10.2. The third-order valence-corrected chi connectivity index (χ3v) is 2.77. The summed E-state index contributed by atoms with van der Waals surface area (Å²) in [4.78, 5) is 14.0. The maximum atomic E-state index is 10.6. The number of hydrogen-bond donors (Lipinski definition) is 2. The first-order valence-corrected chi connectivity index (χ1v) is 5.95. The van der Waals surface area contributed by atoms with Crippen molar-refractivity contribution in [2.45, 2.75) is 0 Å². The Balaban J connectivity index is 2.28. The fourth-order valence-electron chi connectivity index (χ4n) is 1.48. The number of rotatable bonds is 4. The molecule has 0 radical (unpaired) electrons. The van der Waals surface area contributed by atoms with Crippen LogP contribution in [0, 0.1) is 10.1 Å². The van der Waals surface area contributed by atoms with Crippen LogP contribution in [0.5, 0.6) is 11.6 Å². The normalized spacial score (nSPS) is 11.2. The minimum absolute atomic E-state index is 0.0696. The van der Waals surface area contributed by atoms with Gasteiger partial charge in [0.05, 0.1) is 9.95 Å². The Morgan fingerprint density at radius 2 is 2.19 bits per heavy atom. The third kappa shape index (κ3) is 3.37. The van der Waals surface area contributed by atoms with E-state index >= 15 is 0 Å². The van der Waals surface area contributed by atoms with Crippen LogP contribution in [0.3, 0.4) is 0 Å². The van der Waals surface area contributed by atoms with Crippen molar-refractivity contribution in [2.75, 3.05) is 0 Å². The molecule has 0 fully saturated rings. The smallest absolute Gasteiger partial charge is 0.271 e. The van der Waals surface area contributed by atoms with E-state index in [2.05, 4.69) is 10.1 Å². The van der Waals surface area contributed by atoms with Crippen molar-refractivity contribution in [1.29, 1.82) is 0 Å². The fraction of sp³-hybridized carbons (Fsp3) is 0. The molecule has 0 aliphatic rings. The third-order valence-electron chi connectivity index (χ3n) is 2.48. The maximum Gasteiger partial charge on any atom is 0.271 e. The van der Waals surface area contributed by atoms with E-state index in [1.807, 2.05) is 0 Å². The zero-order chi connectivity index (χ0) is 15.4. The zero-order valence-electron chi connectivity index (χ0n) is 10.4. The SMILES string of the molecule is N/C(=N\O)c1ccnc(Oc2ccc([N+](=O)[O-])cc2Cl)c1. The summed E-state index contributed by atoms with van der Waals surface area (Å²) in [5.41, 5.74) is 5.71. The van der Waals surface area contributed by atoms with Gasteiger partial charge in [0, 0.05) is 30.0 Å². The number of nitro benzene ring substituents is 1. The maximum absolute atomic E-state index is 10.6. The molecule has 3 N–H and O–H groups in total. The van der Waals surface area contributed by atoms with Crippen LogP contribution >= 0.6 is 11.6 Å². The number of halogens is 1. The van der Waals surface area contributed by atoms with Crippen LogP contribution in [0.4, 0.5) is 5.69 Å². The Morgan fingerprint density at radius 3 is 2.81 bits per heavy atom. The van der Waals surface area contributed by atoms with E-state index in [0.717, 1.165) is 0 Å². The van der Waals surface area contributed by atoms with Crippen molar-refractivity contribution in [1.82, 2.24) is 4.98 Å². The molecule has 2 aromatic rings. The molecular weight excluding hydrogens is 300 g/mol. The summed E-state index contributed by atoms with van der Waals surface area (Å²) >= 11 is 5.91. The van der Waals surface area contributed by atoms with Gasteiger partial charge in [-0.25, -0.2) is 4.98 Å². The number of nitro groups is 1. The Bertz CT molecular complexity index is 720. The summed E-state index contributed by atoms with van der Waals surface area (Å²) in [7, 11) is 0. The summed E-state index contributed by atoms with van der Waals surface area (Å²) in [6.45, 7) is 0. The highest BCUT2D eigenvalue weighted by molar-refractivity contribution is 6.32. The number of aromatic nitrogens is 1. The molecule has 0 saturated heterocycles. The van der Waals surface area contributed by atoms with Crippen LogP contribution in [0.2, 0.25) is 5.02 Å². The Hall–Kier alpha value is -2.87. The number of oxime groups is 1. The van der Waals surface area contributed by atoms with Gasteiger partial charge in [-0.15, -0.1) is 0 Å². The lowest BCUT2D eigenvalue weighted by molar-refractivity contribution is -0.384. The average Bonchev–Trinajstić information content (AvgIpc) is 2.48. The number of nitrogens with zero attached hydrogens (tertiary/aromatic N) is 3. The molecule has 21 heavy (non-hydrogen) atoms. The van der Waals surface area contributed by atoms with E-state index in [1.54, 1.807) is 0 Å². The van der Waals surface area contributed by atoms with Crippen molar-refractivity contribution in [3.63, 3.8) is 0 Å². The highest BCUT2D eigenvalue weighted by Crippen LogP contribution is 2.31. The zero-order valence-corrected chi connectivity index (χ0v) is 11.2. The van der Waals surface area contributed by atoms with Gasteiger partial charge in [0.15, 0.2) is 5.84 Å². The molecule has 1 aromatic heterocycles. The van der Waals surface area contributed by atoms with Gasteiger partial charge in [-0.05, 0) is 12.1 Å². The van der Waals surface area contributed by atoms with E-state index < -0.39 is 4.92 Å². The average molecular weight is 309 g/mol. The van der Waals surface area contributed by atoms with Crippen LogP contribution < -0.4 is 10.5 Å². The number of pyridine rings is 1. The molecule has 0 amide bonds. The first kappa shape index (κ1) is 14.5. The minimum Gasteiger partial charge on any atom is -0.437 e. The van der Waals surface area contributed by atoms with Crippen molar-refractivity contribution < 1.29 is 14.9 Å². The second kappa shape index (κ2) is 6.06. The lowest BCUT2D eigenvalue weighted by Gasteiger charge is -2.07. The van der Waals surface area contributed by atoms with Gasteiger partial charge in [-0.1, -0.05) is 16.8 Å². The van der Waals surface area contributed by atoms with E-state index in [9.17, 15) is 10.1 Å². The van der Waals surface area contributed by atoms with E-state index in [-0.39, 0.29) is 28.2 Å². The summed E-state index contributed by atoms with van der Waals surface area (Å²) in [5, 5.41) is 22.2. The quantitative estimate of drug-likeness (QED) is 0.294. The van der Waals surface area contributed by atoms with Gasteiger partial charge in [0.25, 0.3) is 5.69 Å². The number of ether oxygens (including phenoxy) is 1. The molecule has 1 heterocycles. The Morgan fingerprint density at radius 1 is 1.43 bits per heavy atom. The molecule has 0 bridgehead atoms. The van der Waals surface area contributed by atoms with Gasteiger partial charge in [-0.3, -0.25) is 10.1 Å². The lowest BCUT2D eigenvalue weighted by Crippen LogP contribution is -2.13. The molecule has 9 heteroatoms. The van der Waals surface area contributed by atoms with Crippen LogP contribution in [0.25, 0.3) is 0 Å². The van der Waals surface area contributed by atoms with Gasteiger partial charge in [0.1, 0.15) is 5.75 Å². The van der Waals surface area contributed by atoms with Gasteiger partial charge < -0.3 is 15.7 Å². The number of amidine groups is 1. The predicted molar refractivity (Wildman–Crippen MR) is 74.9 cm³/mol. The standard InChI is InChI=1S/C12H9ClN4O4/c13-9-6-8(17(19)20)1-2-10(9)21-11-5-7(3-4-15-11)12(14)16-18/h1-6,18H,(H2,14,16). The van der Waals surface area contributed by atoms with Crippen molar-refractivity contribution >= 4 is 23.1 Å². The molecule has 0 spiro atoms. The summed E-state index contributed by atoms with van der Waals surface area (Å²) in [6, 6.07) is 6.75. The number of nitrogens with two attached hydrogens (primary N) is 1. The minimum atomic E-state index is -0.563. The van der Waals surface area contributed by atoms with E-state index in [0.29, 0.717) is 5.56 Å². The molecule has 0 saturated carbocycles. The molecule has 0 atom stereocenters. The highest BCUT2D eigenvalue weighted by atomic mass is 35.5. The van der Waals surface area contributed by atoms with Crippen molar-refractivity contribution in [3.05, 3.63) is 57.2 Å². The Kier molecular flexibility index (Phi) is 4.19. The molecule has 108 valence electrons. The monoisotopic (exact) mass is 308 g/mol. The van der Waals surface area contributed by atoms with Crippen LogP contribution in [0.15, 0.2) is 41.7 Å². The summed E-state index contributed by atoms with van der Waals surface area (Å²) in [5.74, 6) is 0.248. The molecule has 2 rings (SSSR count). The molecular formula is C12H9ClN4O4. The van der Waals surface area contributed by atoms with Crippen LogP contribution in [-0.2, 0) is 0 Å². The number of hydrogen-bond acceptors (Lipinski definition) is 6.